The predicted octanol–water partition coefficient (Wildman–Crippen LogP) is 2.50. The highest BCUT2D eigenvalue weighted by molar-refractivity contribution is 5.96. The van der Waals surface area contributed by atoms with Crippen LogP contribution in [0.3, 0.4) is 0 Å². The van der Waals surface area contributed by atoms with Crippen LogP contribution in [0.2, 0.25) is 0 Å². The van der Waals surface area contributed by atoms with Crippen molar-refractivity contribution < 1.29 is 13.9 Å². The molecule has 1 amide bonds. The first-order chi connectivity index (χ1) is 12.6. The molecule has 0 bridgehead atoms. The van der Waals surface area contributed by atoms with Crippen LogP contribution in [-0.2, 0) is 4.74 Å². The number of rotatable bonds is 3. The van der Waals surface area contributed by atoms with Crippen molar-refractivity contribution in [2.45, 2.75) is 6.10 Å². The second kappa shape index (κ2) is 6.76. The van der Waals surface area contributed by atoms with Gasteiger partial charge in [0.15, 0.2) is 5.76 Å². The van der Waals surface area contributed by atoms with Gasteiger partial charge in [-0.25, -0.2) is 9.97 Å². The zero-order chi connectivity index (χ0) is 18.1. The number of fused-ring (bicyclic) bond motifs is 1. The lowest BCUT2D eigenvalue weighted by molar-refractivity contribution is -0.0256. The van der Waals surface area contributed by atoms with Crippen molar-refractivity contribution >= 4 is 22.8 Å². The molecule has 1 atom stereocenters. The molecule has 0 aliphatic carbocycles. The first kappa shape index (κ1) is 16.5. The summed E-state index contributed by atoms with van der Waals surface area (Å²) in [5, 5.41) is 0.923. The smallest absolute Gasteiger partial charge is 0.289 e. The summed E-state index contributed by atoms with van der Waals surface area (Å²) < 4.78 is 11.6. The van der Waals surface area contributed by atoms with Gasteiger partial charge in [-0.3, -0.25) is 4.79 Å². The molecule has 2 aromatic heterocycles. The fraction of sp³-hybridized carbons (Fsp3) is 0.316. The van der Waals surface area contributed by atoms with E-state index in [1.807, 2.05) is 49.3 Å². The van der Waals surface area contributed by atoms with E-state index >= 15 is 0 Å². The summed E-state index contributed by atoms with van der Waals surface area (Å²) in [5.74, 6) is 0.840. The van der Waals surface area contributed by atoms with Crippen LogP contribution in [0.1, 0.15) is 22.4 Å². The molecule has 1 saturated heterocycles. The third-order valence-corrected chi connectivity index (χ3v) is 4.38. The fourth-order valence-electron chi connectivity index (χ4n) is 3.01. The Balaban J connectivity index is 1.54. The molecular formula is C19H20N4O3. The van der Waals surface area contributed by atoms with Gasteiger partial charge < -0.3 is 19.0 Å². The van der Waals surface area contributed by atoms with Crippen molar-refractivity contribution in [3.8, 4) is 0 Å². The number of hydrogen-bond donors (Lipinski definition) is 0. The molecule has 1 aliphatic heterocycles. The molecule has 3 heterocycles. The number of nitrogens with zero attached hydrogens (tertiary/aromatic N) is 4. The third kappa shape index (κ3) is 3.13. The Bertz CT molecular complexity index is 904. The van der Waals surface area contributed by atoms with Crippen LogP contribution in [-0.4, -0.2) is 54.6 Å². The molecule has 0 spiro atoms. The van der Waals surface area contributed by atoms with Crippen molar-refractivity contribution in [2.75, 3.05) is 38.7 Å². The maximum Gasteiger partial charge on any atom is 0.289 e. The SMILES string of the molecule is CN(C)c1nccc([C@@H]2CN(C(=O)c3cc4ccccc4o3)CCO2)n1. The Morgan fingerprint density at radius 3 is 2.92 bits per heavy atom. The molecule has 7 nitrogen and oxygen atoms in total. The van der Waals surface area contributed by atoms with E-state index in [0.717, 1.165) is 11.1 Å². The molecule has 7 heteroatoms. The zero-order valence-corrected chi connectivity index (χ0v) is 14.8. The number of benzene rings is 1. The van der Waals surface area contributed by atoms with E-state index in [1.54, 1.807) is 17.2 Å². The molecule has 0 unspecified atom stereocenters. The van der Waals surface area contributed by atoms with Gasteiger partial charge in [0.2, 0.25) is 5.95 Å². The summed E-state index contributed by atoms with van der Waals surface area (Å²) in [6.45, 7) is 1.41. The Morgan fingerprint density at radius 2 is 2.12 bits per heavy atom. The van der Waals surface area contributed by atoms with Crippen LogP contribution in [0.25, 0.3) is 11.0 Å². The van der Waals surface area contributed by atoms with E-state index in [1.165, 1.54) is 0 Å². The number of amides is 1. The zero-order valence-electron chi connectivity index (χ0n) is 14.8. The quantitative estimate of drug-likeness (QED) is 0.721. The number of aromatic nitrogens is 2. The standard InChI is InChI=1S/C19H20N4O3/c1-22(2)19-20-8-7-14(21-19)17-12-23(9-10-25-17)18(24)16-11-13-5-3-4-6-15(13)26-16/h3-8,11,17H,9-10,12H2,1-2H3/t17-/m0/s1. The van der Waals surface area contributed by atoms with Crippen LogP contribution in [0.4, 0.5) is 5.95 Å². The minimum absolute atomic E-state index is 0.128. The third-order valence-electron chi connectivity index (χ3n) is 4.38. The van der Waals surface area contributed by atoms with Crippen molar-refractivity contribution in [1.82, 2.24) is 14.9 Å². The number of para-hydroxylation sites is 1. The Labute approximate surface area is 151 Å². The highest BCUT2D eigenvalue weighted by Gasteiger charge is 2.29. The maximum absolute atomic E-state index is 12.9. The number of ether oxygens (including phenoxy) is 1. The van der Waals surface area contributed by atoms with Gasteiger partial charge in [0.1, 0.15) is 11.7 Å². The summed E-state index contributed by atoms with van der Waals surface area (Å²) >= 11 is 0. The number of furan rings is 1. The van der Waals surface area contributed by atoms with Crippen molar-refractivity contribution in [3.63, 3.8) is 0 Å². The highest BCUT2D eigenvalue weighted by atomic mass is 16.5. The van der Waals surface area contributed by atoms with Gasteiger partial charge in [0, 0.05) is 32.2 Å². The van der Waals surface area contributed by atoms with Crippen LogP contribution < -0.4 is 4.90 Å². The minimum Gasteiger partial charge on any atom is -0.451 e. The van der Waals surface area contributed by atoms with Crippen LogP contribution in [0.5, 0.6) is 0 Å². The molecule has 4 rings (SSSR count). The van der Waals surface area contributed by atoms with E-state index in [4.69, 9.17) is 9.15 Å². The topological polar surface area (TPSA) is 71.7 Å². The van der Waals surface area contributed by atoms with Gasteiger partial charge in [-0.2, -0.15) is 0 Å². The number of carbonyl (C=O) groups is 1. The lowest BCUT2D eigenvalue weighted by Gasteiger charge is -2.32. The molecule has 1 fully saturated rings. The molecular weight excluding hydrogens is 332 g/mol. The summed E-state index contributed by atoms with van der Waals surface area (Å²) in [4.78, 5) is 25.2. The first-order valence-electron chi connectivity index (χ1n) is 8.51. The highest BCUT2D eigenvalue weighted by Crippen LogP contribution is 2.25. The van der Waals surface area contributed by atoms with E-state index in [0.29, 0.717) is 37.0 Å². The Kier molecular flexibility index (Phi) is 4.30. The van der Waals surface area contributed by atoms with Crippen LogP contribution >= 0.6 is 0 Å². The monoisotopic (exact) mass is 352 g/mol. The van der Waals surface area contributed by atoms with E-state index in [9.17, 15) is 4.79 Å². The average molecular weight is 352 g/mol. The Morgan fingerprint density at radius 1 is 1.27 bits per heavy atom. The normalized spacial score (nSPS) is 17.5. The number of morpholine rings is 1. The largest absolute Gasteiger partial charge is 0.451 e. The van der Waals surface area contributed by atoms with Gasteiger partial charge in [0.25, 0.3) is 5.91 Å². The van der Waals surface area contributed by atoms with Gasteiger partial charge >= 0.3 is 0 Å². The first-order valence-corrected chi connectivity index (χ1v) is 8.51. The maximum atomic E-state index is 12.9. The summed E-state index contributed by atoms with van der Waals surface area (Å²) in [6.07, 6.45) is 1.43. The van der Waals surface area contributed by atoms with Crippen molar-refractivity contribution in [2.24, 2.45) is 0 Å². The molecule has 1 aliphatic rings. The van der Waals surface area contributed by atoms with Crippen LogP contribution in [0.15, 0.2) is 47.0 Å². The van der Waals surface area contributed by atoms with E-state index < -0.39 is 0 Å². The summed E-state index contributed by atoms with van der Waals surface area (Å²) in [6, 6.07) is 11.2. The molecule has 1 aromatic carbocycles. The van der Waals surface area contributed by atoms with E-state index in [-0.39, 0.29) is 12.0 Å². The lowest BCUT2D eigenvalue weighted by atomic mass is 10.2. The molecule has 134 valence electrons. The second-order valence-corrected chi connectivity index (χ2v) is 6.44. The molecule has 26 heavy (non-hydrogen) atoms. The van der Waals surface area contributed by atoms with Crippen LogP contribution in [0, 0.1) is 0 Å². The summed E-state index contributed by atoms with van der Waals surface area (Å²) in [7, 11) is 3.77. The predicted molar refractivity (Wildman–Crippen MR) is 97.2 cm³/mol. The van der Waals surface area contributed by atoms with Crippen molar-refractivity contribution in [3.05, 3.63) is 54.0 Å². The molecule has 0 N–H and O–H groups in total. The van der Waals surface area contributed by atoms with Crippen molar-refractivity contribution in [1.29, 1.82) is 0 Å². The number of hydrogen-bond acceptors (Lipinski definition) is 6. The lowest BCUT2D eigenvalue weighted by Crippen LogP contribution is -2.42. The Hall–Kier alpha value is -2.93. The number of carbonyl (C=O) groups excluding carboxylic acids is 1. The average Bonchev–Trinajstić information content (AvgIpc) is 3.12. The molecule has 0 radical (unpaired) electrons. The minimum atomic E-state index is -0.279. The van der Waals surface area contributed by atoms with Gasteiger partial charge in [-0.15, -0.1) is 0 Å². The number of anilines is 1. The van der Waals surface area contributed by atoms with Gasteiger partial charge in [-0.05, 0) is 18.2 Å². The molecule has 0 saturated carbocycles. The molecule has 3 aromatic rings. The second-order valence-electron chi connectivity index (χ2n) is 6.44. The fourth-order valence-corrected chi connectivity index (χ4v) is 3.01. The van der Waals surface area contributed by atoms with Gasteiger partial charge in [0.05, 0.1) is 18.8 Å². The van der Waals surface area contributed by atoms with Gasteiger partial charge in [-0.1, -0.05) is 18.2 Å². The van der Waals surface area contributed by atoms with E-state index in [2.05, 4.69) is 9.97 Å². The summed E-state index contributed by atoms with van der Waals surface area (Å²) in [5.41, 5.74) is 1.48.